The van der Waals surface area contributed by atoms with Crippen LogP contribution in [0.1, 0.15) is 45.7 Å². The maximum Gasteiger partial charge on any atom is 0.325 e. The van der Waals surface area contributed by atoms with Gasteiger partial charge >= 0.3 is 11.9 Å². The summed E-state index contributed by atoms with van der Waals surface area (Å²) in [6.45, 7) is 7.53. The molecule has 23 heavy (non-hydrogen) atoms. The molecule has 0 aromatic carbocycles. The predicted octanol–water partition coefficient (Wildman–Crippen LogP) is 1.79. The molecule has 0 spiro atoms. The molecule has 1 aromatic heterocycles. The molecule has 0 aliphatic heterocycles. The van der Waals surface area contributed by atoms with Crippen LogP contribution in [0.3, 0.4) is 0 Å². The minimum absolute atomic E-state index is 0.0263. The number of esters is 2. The van der Waals surface area contributed by atoms with Gasteiger partial charge in [-0.05, 0) is 39.3 Å². The molecule has 1 aromatic rings. The number of anilines is 1. The predicted molar refractivity (Wildman–Crippen MR) is 86.8 cm³/mol. The van der Waals surface area contributed by atoms with Gasteiger partial charge in [0.25, 0.3) is 0 Å². The summed E-state index contributed by atoms with van der Waals surface area (Å²) in [5.74, 6) is -0.169. The molecule has 1 rings (SSSR count). The Balaban J connectivity index is 2.50. The van der Waals surface area contributed by atoms with Crippen LogP contribution in [0, 0.1) is 0 Å². The number of nitrogens with two attached hydrogens (primary N) is 1. The first-order valence-corrected chi connectivity index (χ1v) is 7.54. The zero-order valence-corrected chi connectivity index (χ0v) is 14.1. The highest BCUT2D eigenvalue weighted by Gasteiger charge is 2.16. The van der Waals surface area contributed by atoms with Crippen molar-refractivity contribution >= 4 is 17.8 Å². The lowest BCUT2D eigenvalue weighted by molar-refractivity contribution is -0.152. The maximum absolute atomic E-state index is 11.6. The van der Waals surface area contributed by atoms with Crippen molar-refractivity contribution in [3.8, 4) is 0 Å². The first-order valence-electron chi connectivity index (χ1n) is 7.54. The molecular weight excluding hydrogens is 298 g/mol. The Labute approximate surface area is 136 Å². The lowest BCUT2D eigenvalue weighted by Crippen LogP contribution is -2.28. The normalized spacial score (nSPS) is 12.4. The second-order valence-corrected chi connectivity index (χ2v) is 6.03. The Morgan fingerprint density at radius 2 is 2.00 bits per heavy atom. The molecule has 1 unspecified atom stereocenters. The molecule has 1 atom stereocenters. The fourth-order valence-electron chi connectivity index (χ4n) is 1.79. The molecule has 0 saturated heterocycles. The van der Waals surface area contributed by atoms with Crippen molar-refractivity contribution in [2.45, 2.75) is 45.8 Å². The molecule has 0 fully saturated rings. The van der Waals surface area contributed by atoms with Crippen molar-refractivity contribution in [1.29, 1.82) is 0 Å². The van der Waals surface area contributed by atoms with Gasteiger partial charge in [-0.25, -0.2) is 4.98 Å². The quantitative estimate of drug-likeness (QED) is 0.737. The summed E-state index contributed by atoms with van der Waals surface area (Å²) >= 11 is 0. The summed E-state index contributed by atoms with van der Waals surface area (Å²) in [5.41, 5.74) is 6.14. The van der Waals surface area contributed by atoms with Crippen LogP contribution >= 0.6 is 0 Å². The van der Waals surface area contributed by atoms with E-state index in [2.05, 4.69) is 10.3 Å². The van der Waals surface area contributed by atoms with Crippen molar-refractivity contribution < 1.29 is 19.1 Å². The monoisotopic (exact) mass is 323 g/mol. The van der Waals surface area contributed by atoms with Gasteiger partial charge in [0.2, 0.25) is 0 Å². The van der Waals surface area contributed by atoms with Crippen LogP contribution in [0.15, 0.2) is 18.3 Å². The highest BCUT2D eigenvalue weighted by molar-refractivity contribution is 5.75. The first-order chi connectivity index (χ1) is 10.7. The van der Waals surface area contributed by atoms with E-state index in [4.69, 9.17) is 15.2 Å². The summed E-state index contributed by atoms with van der Waals surface area (Å²) in [6, 6.07) is 2.99. The molecule has 7 heteroatoms. The van der Waals surface area contributed by atoms with Crippen molar-refractivity contribution in [3.63, 3.8) is 0 Å². The number of carbonyl (C=O) groups excluding carboxylic acids is 2. The van der Waals surface area contributed by atoms with Crippen LogP contribution in [0.4, 0.5) is 5.82 Å². The number of hydrogen-bond donors (Lipinski definition) is 2. The number of rotatable bonds is 7. The van der Waals surface area contributed by atoms with Crippen LogP contribution < -0.4 is 11.1 Å². The molecule has 0 amide bonds. The number of pyridine rings is 1. The first kappa shape index (κ1) is 18.9. The average Bonchev–Trinajstić information content (AvgIpc) is 2.44. The number of ether oxygens (including phenoxy) is 2. The standard InChI is InChI=1S/C16H25N3O4/c1-5-22-14(20)8-12(17)11-6-7-13(18-9-11)19-10-15(21)23-16(2,3)4/h6-7,9,12H,5,8,10,17H2,1-4H3,(H,18,19). The van der Waals surface area contributed by atoms with Crippen LogP contribution in [-0.2, 0) is 19.1 Å². The molecule has 0 aliphatic rings. The van der Waals surface area contributed by atoms with Crippen LogP contribution in [0.5, 0.6) is 0 Å². The van der Waals surface area contributed by atoms with E-state index in [-0.39, 0.29) is 24.9 Å². The summed E-state index contributed by atoms with van der Waals surface area (Å²) in [5, 5.41) is 2.88. The summed E-state index contributed by atoms with van der Waals surface area (Å²) in [6.07, 6.45) is 1.67. The Kier molecular flexibility index (Phi) is 6.96. The van der Waals surface area contributed by atoms with E-state index in [9.17, 15) is 9.59 Å². The van der Waals surface area contributed by atoms with Gasteiger partial charge in [0.05, 0.1) is 13.0 Å². The van der Waals surface area contributed by atoms with Gasteiger partial charge in [-0.15, -0.1) is 0 Å². The number of nitrogens with zero attached hydrogens (tertiary/aromatic N) is 1. The van der Waals surface area contributed by atoms with Crippen LogP contribution in [-0.4, -0.2) is 35.7 Å². The third kappa shape index (κ3) is 7.60. The third-order valence-corrected chi connectivity index (χ3v) is 2.74. The molecule has 1 heterocycles. The van der Waals surface area contributed by atoms with Gasteiger partial charge in [0.15, 0.2) is 0 Å². The van der Waals surface area contributed by atoms with Crippen molar-refractivity contribution in [3.05, 3.63) is 23.9 Å². The molecule has 7 nitrogen and oxygen atoms in total. The zero-order valence-electron chi connectivity index (χ0n) is 14.1. The highest BCUT2D eigenvalue weighted by Crippen LogP contribution is 2.15. The van der Waals surface area contributed by atoms with E-state index < -0.39 is 11.6 Å². The second-order valence-electron chi connectivity index (χ2n) is 6.03. The number of aromatic nitrogens is 1. The lowest BCUT2D eigenvalue weighted by atomic mass is 10.1. The van der Waals surface area contributed by atoms with Gasteiger partial charge in [0, 0.05) is 12.2 Å². The Morgan fingerprint density at radius 1 is 1.30 bits per heavy atom. The van der Waals surface area contributed by atoms with E-state index >= 15 is 0 Å². The Morgan fingerprint density at radius 3 is 2.52 bits per heavy atom. The van der Waals surface area contributed by atoms with Crippen LogP contribution in [0.25, 0.3) is 0 Å². The molecule has 128 valence electrons. The average molecular weight is 323 g/mol. The number of nitrogens with one attached hydrogen (secondary N) is 1. The topological polar surface area (TPSA) is 104 Å². The van der Waals surface area contributed by atoms with Gasteiger partial charge < -0.3 is 20.5 Å². The Hall–Kier alpha value is -2.15. The molecule has 0 bridgehead atoms. The van der Waals surface area contributed by atoms with Crippen molar-refractivity contribution in [2.24, 2.45) is 5.73 Å². The van der Waals surface area contributed by atoms with Gasteiger partial charge in [-0.2, -0.15) is 0 Å². The smallest absolute Gasteiger partial charge is 0.325 e. The number of carbonyl (C=O) groups is 2. The van der Waals surface area contributed by atoms with E-state index in [1.807, 2.05) is 20.8 Å². The highest BCUT2D eigenvalue weighted by atomic mass is 16.6. The van der Waals surface area contributed by atoms with E-state index in [0.717, 1.165) is 5.56 Å². The van der Waals surface area contributed by atoms with Crippen LogP contribution in [0.2, 0.25) is 0 Å². The van der Waals surface area contributed by atoms with E-state index in [1.165, 1.54) is 0 Å². The lowest BCUT2D eigenvalue weighted by Gasteiger charge is -2.19. The summed E-state index contributed by atoms with van der Waals surface area (Å²) < 4.78 is 10.0. The minimum atomic E-state index is -0.518. The maximum atomic E-state index is 11.6. The SMILES string of the molecule is CCOC(=O)CC(N)c1ccc(NCC(=O)OC(C)(C)C)nc1. The largest absolute Gasteiger partial charge is 0.466 e. The van der Waals surface area contributed by atoms with Crippen molar-refractivity contribution in [2.75, 3.05) is 18.5 Å². The molecule has 3 N–H and O–H groups in total. The molecular formula is C16H25N3O4. The van der Waals surface area contributed by atoms with Gasteiger partial charge in [-0.3, -0.25) is 9.59 Å². The van der Waals surface area contributed by atoms with Crippen molar-refractivity contribution in [1.82, 2.24) is 4.98 Å². The zero-order chi connectivity index (χ0) is 17.5. The van der Waals surface area contributed by atoms with E-state index in [1.54, 1.807) is 25.3 Å². The van der Waals surface area contributed by atoms with E-state index in [0.29, 0.717) is 12.4 Å². The Bertz CT molecular complexity index is 523. The number of hydrogen-bond acceptors (Lipinski definition) is 7. The molecule has 0 aliphatic carbocycles. The third-order valence-electron chi connectivity index (χ3n) is 2.74. The minimum Gasteiger partial charge on any atom is -0.466 e. The summed E-state index contributed by atoms with van der Waals surface area (Å²) in [7, 11) is 0. The molecule has 0 radical (unpaired) electrons. The fraction of sp³-hybridized carbons (Fsp3) is 0.562. The molecule has 0 saturated carbocycles. The summed E-state index contributed by atoms with van der Waals surface area (Å²) in [4.78, 5) is 27.2. The fourth-order valence-corrected chi connectivity index (χ4v) is 1.79. The second kappa shape index (κ2) is 8.47. The van der Waals surface area contributed by atoms with Gasteiger partial charge in [-0.1, -0.05) is 6.07 Å². The van der Waals surface area contributed by atoms with Gasteiger partial charge in [0.1, 0.15) is 18.0 Å².